The van der Waals surface area contributed by atoms with E-state index in [1.165, 1.54) is 0 Å². The molecule has 3 aliphatic rings. The summed E-state index contributed by atoms with van der Waals surface area (Å²) < 4.78 is 11.8. The fourth-order valence-corrected chi connectivity index (χ4v) is 4.34. The van der Waals surface area contributed by atoms with E-state index in [1.54, 1.807) is 0 Å². The van der Waals surface area contributed by atoms with Crippen LogP contribution < -0.4 is 0 Å². The smallest absolute Gasteiger partial charge is 0.163 e. The van der Waals surface area contributed by atoms with E-state index in [0.717, 1.165) is 0 Å². The maximum Gasteiger partial charge on any atom is 0.163 e. The standard InChI is InChI=1S/C16H26O4/c1-14(2,3)9-6-12(17)16(13(9)18)7-10-11(8-16)20-15(4,5)19-10/h9-12,17H,6-8H2,1-5H3/t9?,10-,11+,12?,16?. The zero-order chi connectivity index (χ0) is 14.9. The molecule has 4 heteroatoms. The van der Waals surface area contributed by atoms with Gasteiger partial charge in [0.05, 0.1) is 23.7 Å². The Morgan fingerprint density at radius 3 is 2.05 bits per heavy atom. The number of carbonyl (C=O) groups excluding carboxylic acids is 1. The molecule has 0 amide bonds. The van der Waals surface area contributed by atoms with Crippen LogP contribution in [-0.2, 0) is 14.3 Å². The molecule has 0 radical (unpaired) electrons. The Hall–Kier alpha value is -0.450. The number of hydrogen-bond acceptors (Lipinski definition) is 4. The molecule has 0 bridgehead atoms. The lowest BCUT2D eigenvalue weighted by Crippen LogP contribution is -2.38. The normalized spacial score (nSPS) is 47.2. The van der Waals surface area contributed by atoms with Gasteiger partial charge in [-0.3, -0.25) is 4.79 Å². The fraction of sp³-hybridized carbons (Fsp3) is 0.938. The summed E-state index contributed by atoms with van der Waals surface area (Å²) in [4.78, 5) is 12.9. The van der Waals surface area contributed by atoms with Crippen molar-refractivity contribution >= 4 is 5.78 Å². The van der Waals surface area contributed by atoms with Gasteiger partial charge >= 0.3 is 0 Å². The van der Waals surface area contributed by atoms with Gasteiger partial charge in [-0.15, -0.1) is 0 Å². The van der Waals surface area contributed by atoms with E-state index >= 15 is 0 Å². The number of ketones is 1. The first-order valence-corrected chi connectivity index (χ1v) is 7.63. The Bertz CT molecular complexity index is 418. The van der Waals surface area contributed by atoms with Crippen LogP contribution in [0.1, 0.15) is 53.9 Å². The van der Waals surface area contributed by atoms with Crippen molar-refractivity contribution in [3.8, 4) is 0 Å². The lowest BCUT2D eigenvalue weighted by molar-refractivity contribution is -0.166. The van der Waals surface area contributed by atoms with Gasteiger partial charge < -0.3 is 14.6 Å². The van der Waals surface area contributed by atoms with Gasteiger partial charge in [0.25, 0.3) is 0 Å². The molecule has 3 rings (SSSR count). The first-order chi connectivity index (χ1) is 9.05. The Labute approximate surface area is 120 Å². The lowest BCUT2D eigenvalue weighted by Gasteiger charge is -2.30. The SMILES string of the molecule is CC1(C)O[C@H]2CC3(C[C@H]2O1)C(=O)C(C(C)(C)C)CC3O. The van der Waals surface area contributed by atoms with E-state index < -0.39 is 17.3 Å². The Balaban J connectivity index is 1.84. The second-order valence-electron chi connectivity index (χ2n) is 8.31. The summed E-state index contributed by atoms with van der Waals surface area (Å²) in [6, 6.07) is 0. The molecule has 3 fully saturated rings. The molecule has 20 heavy (non-hydrogen) atoms. The average molecular weight is 282 g/mol. The number of Topliss-reactive ketones (excluding diaryl/α,β-unsaturated/α-hetero) is 1. The van der Waals surface area contributed by atoms with Crippen LogP contribution in [0.15, 0.2) is 0 Å². The summed E-state index contributed by atoms with van der Waals surface area (Å²) in [6.45, 7) is 10.0. The van der Waals surface area contributed by atoms with Crippen molar-refractivity contribution in [2.75, 3.05) is 0 Å². The van der Waals surface area contributed by atoms with Crippen molar-refractivity contribution in [3.05, 3.63) is 0 Å². The lowest BCUT2D eigenvalue weighted by atomic mass is 9.74. The Kier molecular flexibility index (Phi) is 2.93. The van der Waals surface area contributed by atoms with Gasteiger partial charge in [-0.25, -0.2) is 0 Å². The number of aliphatic hydroxyl groups is 1. The van der Waals surface area contributed by atoms with Crippen LogP contribution in [0.3, 0.4) is 0 Å². The van der Waals surface area contributed by atoms with Crippen LogP contribution in [0.5, 0.6) is 0 Å². The summed E-state index contributed by atoms with van der Waals surface area (Å²) in [5, 5.41) is 10.5. The van der Waals surface area contributed by atoms with E-state index in [2.05, 4.69) is 20.8 Å². The highest BCUT2D eigenvalue weighted by Gasteiger charge is 2.64. The molecule has 0 aromatic rings. The zero-order valence-corrected chi connectivity index (χ0v) is 13.1. The van der Waals surface area contributed by atoms with E-state index in [1.807, 2.05) is 13.8 Å². The van der Waals surface area contributed by atoms with Gasteiger partial charge in [0.2, 0.25) is 0 Å². The molecule has 4 nitrogen and oxygen atoms in total. The third kappa shape index (κ3) is 1.96. The summed E-state index contributed by atoms with van der Waals surface area (Å²) in [7, 11) is 0. The van der Waals surface area contributed by atoms with Gasteiger partial charge in [0.1, 0.15) is 5.78 Å². The quantitative estimate of drug-likeness (QED) is 0.740. The van der Waals surface area contributed by atoms with E-state index in [4.69, 9.17) is 9.47 Å². The van der Waals surface area contributed by atoms with Gasteiger partial charge in [0.15, 0.2) is 5.79 Å². The van der Waals surface area contributed by atoms with Crippen molar-refractivity contribution in [3.63, 3.8) is 0 Å². The van der Waals surface area contributed by atoms with Crippen molar-refractivity contribution in [2.24, 2.45) is 16.7 Å². The summed E-state index contributed by atoms with van der Waals surface area (Å²) in [5.74, 6) is -0.409. The minimum Gasteiger partial charge on any atom is -0.392 e. The second kappa shape index (κ2) is 4.05. The largest absolute Gasteiger partial charge is 0.392 e. The molecule has 5 atom stereocenters. The molecule has 0 aromatic carbocycles. The molecular formula is C16H26O4. The van der Waals surface area contributed by atoms with E-state index in [9.17, 15) is 9.90 Å². The summed E-state index contributed by atoms with van der Waals surface area (Å²) in [5.41, 5.74) is -0.732. The van der Waals surface area contributed by atoms with E-state index in [0.29, 0.717) is 19.3 Å². The zero-order valence-electron chi connectivity index (χ0n) is 13.1. The highest BCUT2D eigenvalue weighted by Crippen LogP contribution is 2.57. The van der Waals surface area contributed by atoms with Crippen LogP contribution in [0.25, 0.3) is 0 Å². The predicted octanol–water partition coefficient (Wildman–Crippen LogP) is 2.28. The molecule has 1 heterocycles. The van der Waals surface area contributed by atoms with Crippen molar-refractivity contribution in [2.45, 2.75) is 78.0 Å². The third-order valence-electron chi connectivity index (χ3n) is 5.37. The van der Waals surface area contributed by atoms with Crippen LogP contribution >= 0.6 is 0 Å². The molecule has 2 saturated carbocycles. The molecular weight excluding hydrogens is 256 g/mol. The topological polar surface area (TPSA) is 55.8 Å². The number of fused-ring (bicyclic) bond motifs is 1. The second-order valence-corrected chi connectivity index (χ2v) is 8.31. The van der Waals surface area contributed by atoms with Gasteiger partial charge in [0, 0.05) is 5.92 Å². The van der Waals surface area contributed by atoms with Crippen molar-refractivity contribution < 1.29 is 19.4 Å². The predicted molar refractivity (Wildman–Crippen MR) is 74.1 cm³/mol. The summed E-state index contributed by atoms with van der Waals surface area (Å²) in [6.07, 6.45) is 1.12. The molecule has 1 aliphatic heterocycles. The molecule has 3 unspecified atom stereocenters. The van der Waals surface area contributed by atoms with Gasteiger partial charge in [-0.05, 0) is 38.5 Å². The molecule has 114 valence electrons. The van der Waals surface area contributed by atoms with Crippen LogP contribution in [0.2, 0.25) is 0 Å². The van der Waals surface area contributed by atoms with Gasteiger partial charge in [-0.1, -0.05) is 20.8 Å². The van der Waals surface area contributed by atoms with Crippen molar-refractivity contribution in [1.29, 1.82) is 0 Å². The van der Waals surface area contributed by atoms with Crippen molar-refractivity contribution in [1.82, 2.24) is 0 Å². The Morgan fingerprint density at radius 2 is 1.65 bits per heavy atom. The van der Waals surface area contributed by atoms with Crippen LogP contribution in [-0.4, -0.2) is 35.0 Å². The van der Waals surface area contributed by atoms with Gasteiger partial charge in [-0.2, -0.15) is 0 Å². The number of rotatable bonds is 0. The third-order valence-corrected chi connectivity index (χ3v) is 5.37. The first-order valence-electron chi connectivity index (χ1n) is 7.63. The summed E-state index contributed by atoms with van der Waals surface area (Å²) >= 11 is 0. The van der Waals surface area contributed by atoms with Crippen LogP contribution in [0, 0.1) is 16.7 Å². The number of ether oxygens (including phenoxy) is 2. The highest BCUT2D eigenvalue weighted by molar-refractivity contribution is 5.91. The molecule has 1 N–H and O–H groups in total. The van der Waals surface area contributed by atoms with Crippen LogP contribution in [0.4, 0.5) is 0 Å². The van der Waals surface area contributed by atoms with E-state index in [-0.39, 0.29) is 29.3 Å². The first kappa shape index (κ1) is 14.5. The minimum absolute atomic E-state index is 0.0534. The number of hydrogen-bond donors (Lipinski definition) is 1. The maximum atomic E-state index is 12.9. The maximum absolute atomic E-state index is 12.9. The molecule has 1 spiro atoms. The molecule has 0 aromatic heterocycles. The molecule has 1 saturated heterocycles. The number of carbonyl (C=O) groups is 1. The minimum atomic E-state index is -0.635. The molecule has 2 aliphatic carbocycles. The monoisotopic (exact) mass is 282 g/mol. The average Bonchev–Trinajstić information content (AvgIpc) is 2.80. The Morgan fingerprint density at radius 1 is 1.15 bits per heavy atom. The highest BCUT2D eigenvalue weighted by atomic mass is 16.8. The number of aliphatic hydroxyl groups excluding tert-OH is 1. The fourth-order valence-electron chi connectivity index (χ4n) is 4.34.